The van der Waals surface area contributed by atoms with Crippen molar-refractivity contribution in [3.63, 3.8) is 0 Å². The van der Waals surface area contributed by atoms with E-state index in [-0.39, 0.29) is 11.2 Å². The van der Waals surface area contributed by atoms with Crippen molar-refractivity contribution in [2.45, 2.75) is 0 Å². The summed E-state index contributed by atoms with van der Waals surface area (Å²) in [5, 5.41) is 9.90. The van der Waals surface area contributed by atoms with Crippen molar-refractivity contribution < 1.29 is 14.6 Å². The Morgan fingerprint density at radius 3 is 2.36 bits per heavy atom. The highest BCUT2D eigenvalue weighted by atomic mass is 16.5. The van der Waals surface area contributed by atoms with Crippen LogP contribution in [0, 0.1) is 0 Å². The molecule has 0 aliphatic heterocycles. The van der Waals surface area contributed by atoms with Crippen molar-refractivity contribution in [1.29, 1.82) is 0 Å². The molecule has 5 nitrogen and oxygen atoms in total. The Labute approximate surface area is 126 Å². The van der Waals surface area contributed by atoms with E-state index in [4.69, 9.17) is 9.47 Å². The van der Waals surface area contributed by atoms with Crippen molar-refractivity contribution in [2.24, 2.45) is 0 Å². The van der Waals surface area contributed by atoms with Crippen molar-refractivity contribution in [3.8, 4) is 28.5 Å². The van der Waals surface area contributed by atoms with E-state index in [1.54, 1.807) is 43.5 Å². The third-order valence-corrected chi connectivity index (χ3v) is 3.52. The molecule has 1 aromatic heterocycles. The zero-order chi connectivity index (χ0) is 15.7. The largest absolute Gasteiger partial charge is 0.508 e. The molecule has 22 heavy (non-hydrogen) atoms. The lowest BCUT2D eigenvalue weighted by molar-refractivity contribution is 0.358. The summed E-state index contributed by atoms with van der Waals surface area (Å²) in [6.07, 6.45) is 0. The van der Waals surface area contributed by atoms with Gasteiger partial charge in [0, 0.05) is 17.1 Å². The molecule has 0 spiro atoms. The Morgan fingerprint density at radius 2 is 1.73 bits per heavy atom. The van der Waals surface area contributed by atoms with Crippen molar-refractivity contribution in [1.82, 2.24) is 4.98 Å². The van der Waals surface area contributed by atoms with Crippen LogP contribution < -0.4 is 14.9 Å². The highest BCUT2D eigenvalue weighted by molar-refractivity contribution is 5.89. The molecule has 3 rings (SSSR count). The number of rotatable bonds is 3. The van der Waals surface area contributed by atoms with E-state index >= 15 is 0 Å². The number of aromatic nitrogens is 1. The summed E-state index contributed by atoms with van der Waals surface area (Å²) >= 11 is 0. The Bertz CT molecular complexity index is 882. The fourth-order valence-electron chi connectivity index (χ4n) is 2.43. The number of pyridine rings is 1. The maximum absolute atomic E-state index is 12.3. The molecular weight excluding hydrogens is 282 g/mol. The third-order valence-electron chi connectivity index (χ3n) is 3.52. The van der Waals surface area contributed by atoms with Crippen molar-refractivity contribution >= 4 is 10.9 Å². The summed E-state index contributed by atoms with van der Waals surface area (Å²) in [7, 11) is 3.08. The molecule has 1 heterocycles. The normalized spacial score (nSPS) is 10.6. The molecule has 0 bridgehead atoms. The van der Waals surface area contributed by atoms with Gasteiger partial charge >= 0.3 is 0 Å². The number of aromatic hydroxyl groups is 1. The molecular formula is C17H15NO4. The number of hydrogen-bond donors (Lipinski definition) is 2. The van der Waals surface area contributed by atoms with E-state index in [1.165, 1.54) is 13.2 Å². The predicted molar refractivity (Wildman–Crippen MR) is 84.8 cm³/mol. The van der Waals surface area contributed by atoms with Gasteiger partial charge in [-0.25, -0.2) is 0 Å². The van der Waals surface area contributed by atoms with Crippen LogP contribution in [0.1, 0.15) is 0 Å². The number of ether oxygens (including phenoxy) is 2. The minimum Gasteiger partial charge on any atom is -0.508 e. The maximum atomic E-state index is 12.3. The molecule has 0 fully saturated rings. The van der Waals surface area contributed by atoms with E-state index in [9.17, 15) is 9.90 Å². The lowest BCUT2D eigenvalue weighted by Gasteiger charge is -2.12. The Kier molecular flexibility index (Phi) is 3.47. The summed E-state index contributed by atoms with van der Waals surface area (Å²) in [5.74, 6) is 1.21. The van der Waals surface area contributed by atoms with Gasteiger partial charge in [-0.2, -0.15) is 0 Å². The fraction of sp³-hybridized carbons (Fsp3) is 0.118. The summed E-state index contributed by atoms with van der Waals surface area (Å²) in [5.41, 5.74) is 1.90. The first-order valence-corrected chi connectivity index (χ1v) is 6.71. The SMILES string of the molecule is COc1ccc2c(=O)cc(-c3ccc(O)cc3)[nH]c2c1OC. The third kappa shape index (κ3) is 2.26. The zero-order valence-corrected chi connectivity index (χ0v) is 12.2. The van der Waals surface area contributed by atoms with Crippen LogP contribution in [-0.4, -0.2) is 24.3 Å². The van der Waals surface area contributed by atoms with Crippen LogP contribution in [0.5, 0.6) is 17.2 Å². The van der Waals surface area contributed by atoms with Crippen LogP contribution in [0.25, 0.3) is 22.2 Å². The molecule has 0 aliphatic rings. The van der Waals surface area contributed by atoms with Crippen LogP contribution in [0.3, 0.4) is 0 Å². The van der Waals surface area contributed by atoms with Gasteiger partial charge in [0.15, 0.2) is 16.9 Å². The van der Waals surface area contributed by atoms with Gasteiger partial charge in [0.2, 0.25) is 0 Å². The first-order valence-electron chi connectivity index (χ1n) is 6.71. The van der Waals surface area contributed by atoms with Gasteiger partial charge in [-0.05, 0) is 42.0 Å². The number of fused-ring (bicyclic) bond motifs is 1. The molecule has 2 aromatic carbocycles. The Hall–Kier alpha value is -2.95. The monoisotopic (exact) mass is 297 g/mol. The second kappa shape index (κ2) is 5.44. The summed E-state index contributed by atoms with van der Waals surface area (Å²) in [6.45, 7) is 0. The number of methoxy groups -OCH3 is 2. The van der Waals surface area contributed by atoms with Gasteiger partial charge in [0.1, 0.15) is 5.75 Å². The van der Waals surface area contributed by atoms with Gasteiger partial charge in [-0.15, -0.1) is 0 Å². The van der Waals surface area contributed by atoms with Gasteiger partial charge in [-0.1, -0.05) is 0 Å². The number of H-pyrrole nitrogens is 1. The summed E-state index contributed by atoms with van der Waals surface area (Å²) in [6, 6.07) is 11.5. The fourth-order valence-corrected chi connectivity index (χ4v) is 2.43. The van der Waals surface area contributed by atoms with Crippen LogP contribution >= 0.6 is 0 Å². The zero-order valence-electron chi connectivity index (χ0n) is 12.2. The Morgan fingerprint density at radius 1 is 1.00 bits per heavy atom. The van der Waals surface area contributed by atoms with Crippen molar-refractivity contribution in [3.05, 3.63) is 52.7 Å². The molecule has 0 saturated carbocycles. The molecule has 112 valence electrons. The second-order valence-corrected chi connectivity index (χ2v) is 4.82. The van der Waals surface area contributed by atoms with E-state index in [0.717, 1.165) is 5.56 Å². The highest BCUT2D eigenvalue weighted by Crippen LogP contribution is 2.34. The summed E-state index contributed by atoms with van der Waals surface area (Å²) in [4.78, 5) is 15.6. The van der Waals surface area contributed by atoms with Gasteiger partial charge in [0.05, 0.1) is 19.7 Å². The lowest BCUT2D eigenvalue weighted by atomic mass is 10.1. The van der Waals surface area contributed by atoms with E-state index in [1.807, 2.05) is 0 Å². The minimum atomic E-state index is -0.113. The van der Waals surface area contributed by atoms with E-state index in [2.05, 4.69) is 4.98 Å². The predicted octanol–water partition coefficient (Wildman–Crippen LogP) is 2.92. The molecule has 5 heteroatoms. The van der Waals surface area contributed by atoms with Crippen LogP contribution in [-0.2, 0) is 0 Å². The topological polar surface area (TPSA) is 71.5 Å². The molecule has 0 saturated heterocycles. The van der Waals surface area contributed by atoms with Crippen molar-refractivity contribution in [2.75, 3.05) is 14.2 Å². The second-order valence-electron chi connectivity index (χ2n) is 4.82. The van der Waals surface area contributed by atoms with E-state index in [0.29, 0.717) is 28.1 Å². The number of nitrogens with one attached hydrogen (secondary N) is 1. The maximum Gasteiger partial charge on any atom is 0.190 e. The van der Waals surface area contributed by atoms with Gasteiger partial charge in [0.25, 0.3) is 0 Å². The van der Waals surface area contributed by atoms with Crippen LogP contribution in [0.4, 0.5) is 0 Å². The average Bonchev–Trinajstić information content (AvgIpc) is 2.54. The highest BCUT2D eigenvalue weighted by Gasteiger charge is 2.13. The van der Waals surface area contributed by atoms with Crippen LogP contribution in [0.15, 0.2) is 47.3 Å². The lowest BCUT2D eigenvalue weighted by Crippen LogP contribution is -2.05. The van der Waals surface area contributed by atoms with Gasteiger partial charge < -0.3 is 19.6 Å². The quantitative estimate of drug-likeness (QED) is 0.779. The van der Waals surface area contributed by atoms with Crippen LogP contribution in [0.2, 0.25) is 0 Å². The molecule has 2 N–H and O–H groups in total. The molecule has 0 radical (unpaired) electrons. The number of benzene rings is 2. The molecule has 0 aliphatic carbocycles. The van der Waals surface area contributed by atoms with Gasteiger partial charge in [-0.3, -0.25) is 4.79 Å². The molecule has 3 aromatic rings. The molecule has 0 atom stereocenters. The Balaban J connectivity index is 2.30. The summed E-state index contributed by atoms with van der Waals surface area (Å²) < 4.78 is 10.6. The van der Waals surface area contributed by atoms with E-state index < -0.39 is 0 Å². The number of phenolic OH excluding ortho intramolecular Hbond substituents is 1. The number of phenols is 1. The first-order chi connectivity index (χ1) is 10.6. The number of aromatic amines is 1. The minimum absolute atomic E-state index is 0.113. The molecule has 0 unspecified atom stereocenters. The smallest absolute Gasteiger partial charge is 0.190 e. The molecule has 0 amide bonds. The average molecular weight is 297 g/mol. The standard InChI is InChI=1S/C17H15NO4/c1-21-15-8-7-12-14(20)9-13(18-16(12)17(15)22-2)10-3-5-11(19)6-4-10/h3-9,19H,1-2H3,(H,18,20). The number of hydrogen-bond acceptors (Lipinski definition) is 4. The first kappa shape index (κ1) is 14.0.